The molecule has 3 heterocycles. The third kappa shape index (κ3) is 3.41. The molecule has 0 unspecified atom stereocenters. The fraction of sp³-hybridized carbons (Fsp3) is 0.579. The first-order valence-corrected chi connectivity index (χ1v) is 9.59. The number of carbonyl (C=O) groups is 1. The number of rotatable bonds is 5. The number of aliphatic hydroxyl groups excluding tert-OH is 1. The molecule has 2 aliphatic heterocycles. The van der Waals surface area contributed by atoms with Crippen molar-refractivity contribution in [3.63, 3.8) is 0 Å². The number of nitrogens with one attached hydrogen (secondary N) is 1. The lowest BCUT2D eigenvalue weighted by Crippen LogP contribution is -2.38. The predicted molar refractivity (Wildman–Crippen MR) is 103 cm³/mol. The number of imidazole rings is 1. The lowest BCUT2D eigenvalue weighted by Gasteiger charge is -2.32. The summed E-state index contributed by atoms with van der Waals surface area (Å²) in [4.78, 5) is 18.3. The second-order valence-electron chi connectivity index (χ2n) is 7.45. The lowest BCUT2D eigenvalue weighted by atomic mass is 9.99. The molecule has 0 aliphatic carbocycles. The van der Waals surface area contributed by atoms with E-state index in [0.29, 0.717) is 12.3 Å². The van der Waals surface area contributed by atoms with Crippen LogP contribution in [-0.2, 0) is 11.3 Å². The Morgan fingerprint density at radius 2 is 2.26 bits per heavy atom. The highest BCUT2D eigenvalue weighted by Crippen LogP contribution is 2.36. The van der Waals surface area contributed by atoms with E-state index in [1.807, 2.05) is 12.1 Å². The van der Waals surface area contributed by atoms with Crippen LogP contribution in [0.5, 0.6) is 5.75 Å². The van der Waals surface area contributed by atoms with E-state index < -0.39 is 12.0 Å². The number of aromatic nitrogens is 2. The molecule has 8 heteroatoms. The van der Waals surface area contributed by atoms with Crippen LogP contribution >= 0.6 is 0 Å². The minimum atomic E-state index is -0.906. The molecule has 0 bridgehead atoms. The Kier molecular flexibility index (Phi) is 4.82. The monoisotopic (exact) mass is 374 g/mol. The molecule has 0 radical (unpaired) electrons. The molecule has 2 atom stereocenters. The number of nitrogens with zero attached hydrogens (tertiary/aromatic N) is 3. The highest BCUT2D eigenvalue weighted by atomic mass is 16.5. The van der Waals surface area contributed by atoms with E-state index in [9.17, 15) is 9.90 Å². The molecule has 1 saturated heterocycles. The number of carboxylic acids is 1. The fourth-order valence-electron chi connectivity index (χ4n) is 3.98. The first-order valence-electron chi connectivity index (χ1n) is 9.59. The molecule has 3 N–H and O–H groups in total. The van der Waals surface area contributed by atoms with Crippen LogP contribution in [0, 0.1) is 5.92 Å². The summed E-state index contributed by atoms with van der Waals surface area (Å²) in [6.07, 6.45) is 2.97. The van der Waals surface area contributed by atoms with E-state index in [-0.39, 0.29) is 12.5 Å². The standard InChI is InChI=1S/C19H26N4O4/c1-12(18(25)26)20-14-8-15-17-16(9-14)27-7-3-6-23(17)19(21-15)22-5-2-4-13(10-22)11-24/h8-9,12-13,20,24H,2-7,10-11H2,1H3,(H,25,26)/t12-,13+/m0/s1. The van der Waals surface area contributed by atoms with Gasteiger partial charge in [-0.15, -0.1) is 0 Å². The Morgan fingerprint density at radius 3 is 3.04 bits per heavy atom. The molecule has 0 amide bonds. The van der Waals surface area contributed by atoms with E-state index in [1.54, 1.807) is 6.92 Å². The molecule has 1 fully saturated rings. The van der Waals surface area contributed by atoms with Crippen LogP contribution in [0.4, 0.5) is 11.6 Å². The Morgan fingerprint density at radius 1 is 1.41 bits per heavy atom. The Labute approximate surface area is 157 Å². The number of anilines is 2. The molecule has 8 nitrogen and oxygen atoms in total. The summed E-state index contributed by atoms with van der Waals surface area (Å²) in [6.45, 7) is 4.99. The summed E-state index contributed by atoms with van der Waals surface area (Å²) in [6, 6.07) is 3.05. The summed E-state index contributed by atoms with van der Waals surface area (Å²) in [5, 5.41) is 21.7. The minimum Gasteiger partial charge on any atom is -0.491 e. The van der Waals surface area contributed by atoms with Gasteiger partial charge in [-0.3, -0.25) is 4.79 Å². The van der Waals surface area contributed by atoms with Gasteiger partial charge in [0.05, 0.1) is 12.1 Å². The van der Waals surface area contributed by atoms with Gasteiger partial charge in [-0.25, -0.2) is 4.98 Å². The van der Waals surface area contributed by atoms with Crippen LogP contribution in [0.1, 0.15) is 26.2 Å². The Bertz CT molecular complexity index is 850. The number of piperidine rings is 1. The SMILES string of the molecule is C[C@H](Nc1cc2c3c(c1)nc(N1CCC[C@@H](CO)C1)n3CCCO2)C(=O)O. The average Bonchev–Trinajstić information content (AvgIpc) is 2.89. The maximum Gasteiger partial charge on any atom is 0.325 e. The minimum absolute atomic E-state index is 0.201. The number of aliphatic hydroxyl groups is 1. The molecule has 1 aromatic heterocycles. The first-order chi connectivity index (χ1) is 13.1. The number of hydrogen-bond acceptors (Lipinski definition) is 6. The number of aryl methyl sites for hydroxylation is 1. The number of benzene rings is 1. The van der Waals surface area contributed by atoms with E-state index >= 15 is 0 Å². The fourth-order valence-corrected chi connectivity index (χ4v) is 3.98. The number of carboxylic acid groups (broad SMARTS) is 1. The number of aliphatic carboxylic acids is 1. The molecular weight excluding hydrogens is 348 g/mol. The van der Waals surface area contributed by atoms with Crippen LogP contribution in [0.3, 0.4) is 0 Å². The summed E-state index contributed by atoms with van der Waals surface area (Å²) < 4.78 is 8.15. The van der Waals surface area contributed by atoms with E-state index in [4.69, 9.17) is 14.8 Å². The highest BCUT2D eigenvalue weighted by molar-refractivity contribution is 5.89. The zero-order chi connectivity index (χ0) is 19.0. The van der Waals surface area contributed by atoms with Crippen molar-refractivity contribution in [2.45, 2.75) is 38.8 Å². The molecule has 1 aromatic carbocycles. The van der Waals surface area contributed by atoms with Crippen molar-refractivity contribution in [1.82, 2.24) is 9.55 Å². The van der Waals surface area contributed by atoms with Gasteiger partial charge in [0.15, 0.2) is 0 Å². The molecule has 0 spiro atoms. The van der Waals surface area contributed by atoms with Crippen LogP contribution in [-0.4, -0.2) is 58.1 Å². The predicted octanol–water partition coefficient (Wildman–Crippen LogP) is 1.91. The van der Waals surface area contributed by atoms with Crippen molar-refractivity contribution in [1.29, 1.82) is 0 Å². The van der Waals surface area contributed by atoms with Gasteiger partial charge < -0.3 is 29.7 Å². The topological polar surface area (TPSA) is 99.9 Å². The van der Waals surface area contributed by atoms with Gasteiger partial charge >= 0.3 is 5.97 Å². The normalized spacial score (nSPS) is 20.8. The van der Waals surface area contributed by atoms with Crippen molar-refractivity contribution < 1.29 is 19.7 Å². The Balaban J connectivity index is 1.75. The van der Waals surface area contributed by atoms with Crippen molar-refractivity contribution in [2.75, 3.05) is 36.5 Å². The molecule has 4 rings (SSSR count). The van der Waals surface area contributed by atoms with Crippen molar-refractivity contribution in [3.05, 3.63) is 12.1 Å². The second kappa shape index (κ2) is 7.26. The smallest absolute Gasteiger partial charge is 0.325 e. The third-order valence-corrected chi connectivity index (χ3v) is 5.38. The van der Waals surface area contributed by atoms with Gasteiger partial charge in [-0.2, -0.15) is 0 Å². The average molecular weight is 374 g/mol. The molecule has 0 saturated carbocycles. The van der Waals surface area contributed by atoms with Gasteiger partial charge in [-0.1, -0.05) is 0 Å². The summed E-state index contributed by atoms with van der Waals surface area (Å²) in [7, 11) is 0. The first kappa shape index (κ1) is 17.9. The lowest BCUT2D eigenvalue weighted by molar-refractivity contribution is -0.137. The van der Waals surface area contributed by atoms with Crippen molar-refractivity contribution in [3.8, 4) is 5.75 Å². The Hall–Kier alpha value is -2.48. The van der Waals surface area contributed by atoms with Crippen LogP contribution in [0.15, 0.2) is 12.1 Å². The summed E-state index contributed by atoms with van der Waals surface area (Å²) >= 11 is 0. The molecule has 2 aromatic rings. The van der Waals surface area contributed by atoms with Crippen molar-refractivity contribution in [2.24, 2.45) is 5.92 Å². The van der Waals surface area contributed by atoms with E-state index in [1.165, 1.54) is 0 Å². The van der Waals surface area contributed by atoms with E-state index in [0.717, 1.165) is 61.6 Å². The van der Waals surface area contributed by atoms with Crippen LogP contribution < -0.4 is 15.0 Å². The number of ether oxygens (including phenoxy) is 1. The molecule has 2 aliphatic rings. The third-order valence-electron chi connectivity index (χ3n) is 5.38. The van der Waals surface area contributed by atoms with Gasteiger partial charge in [0, 0.05) is 38.0 Å². The molecule has 146 valence electrons. The van der Waals surface area contributed by atoms with Gasteiger partial charge in [-0.05, 0) is 38.2 Å². The molecular formula is C19H26N4O4. The zero-order valence-corrected chi connectivity index (χ0v) is 15.5. The second-order valence-corrected chi connectivity index (χ2v) is 7.45. The van der Waals surface area contributed by atoms with Crippen LogP contribution in [0.25, 0.3) is 11.0 Å². The highest BCUT2D eigenvalue weighted by Gasteiger charge is 2.26. The quantitative estimate of drug-likeness (QED) is 0.735. The largest absolute Gasteiger partial charge is 0.491 e. The molecule has 27 heavy (non-hydrogen) atoms. The van der Waals surface area contributed by atoms with Gasteiger partial charge in [0.25, 0.3) is 0 Å². The maximum atomic E-state index is 11.2. The maximum absolute atomic E-state index is 11.2. The van der Waals surface area contributed by atoms with Gasteiger partial charge in [0.2, 0.25) is 5.95 Å². The number of hydrogen-bond donors (Lipinski definition) is 3. The summed E-state index contributed by atoms with van der Waals surface area (Å²) in [5.41, 5.74) is 2.45. The van der Waals surface area contributed by atoms with Crippen LogP contribution in [0.2, 0.25) is 0 Å². The van der Waals surface area contributed by atoms with Crippen molar-refractivity contribution >= 4 is 28.6 Å². The van der Waals surface area contributed by atoms with E-state index in [2.05, 4.69) is 14.8 Å². The van der Waals surface area contributed by atoms with Gasteiger partial charge in [0.1, 0.15) is 17.3 Å². The zero-order valence-electron chi connectivity index (χ0n) is 15.5. The summed E-state index contributed by atoms with van der Waals surface area (Å²) in [5.74, 6) is 1.02.